The topological polar surface area (TPSA) is 38.5 Å². The number of rotatable bonds is 5. The minimum atomic E-state index is 0.620. The molecule has 2 N–H and O–H groups in total. The lowest BCUT2D eigenvalue weighted by Crippen LogP contribution is -2.11. The van der Waals surface area contributed by atoms with Crippen molar-refractivity contribution in [1.29, 1.82) is 0 Å². The quantitative estimate of drug-likeness (QED) is 0.467. The average Bonchev–Trinajstić information content (AvgIpc) is 2.24. The van der Waals surface area contributed by atoms with E-state index >= 15 is 0 Å². The molecule has 0 amide bonds. The molecule has 3 heteroatoms. The minimum absolute atomic E-state index is 0.620. The van der Waals surface area contributed by atoms with Crippen LogP contribution in [0.2, 0.25) is 0 Å². The van der Waals surface area contributed by atoms with Gasteiger partial charge in [0.25, 0.3) is 0 Å². The Morgan fingerprint density at radius 3 is 2.81 bits per heavy atom. The molecule has 0 saturated carbocycles. The van der Waals surface area contributed by atoms with E-state index in [2.05, 4.69) is 5.92 Å². The first kappa shape index (κ1) is 12.3. The predicted molar refractivity (Wildman–Crippen MR) is 68.7 cm³/mol. The molecule has 3 nitrogen and oxygen atoms in total. The summed E-state index contributed by atoms with van der Waals surface area (Å²) in [5.74, 6) is 3.40. The molecule has 0 spiro atoms. The Balaban J connectivity index is 2.69. The van der Waals surface area contributed by atoms with Crippen LogP contribution in [0.1, 0.15) is 12.8 Å². The van der Waals surface area contributed by atoms with Gasteiger partial charge in [0.15, 0.2) is 0 Å². The second kappa shape index (κ2) is 5.92. The standard InChI is InChI=1S/C13H18N2O/c1-4-5-6-9-16-13-10-11(14)7-8-12(13)15(2)3/h1,7-8,10H,5-6,9,14H2,2-3H3. The van der Waals surface area contributed by atoms with E-state index in [1.807, 2.05) is 37.2 Å². The van der Waals surface area contributed by atoms with Crippen LogP contribution >= 0.6 is 0 Å². The maximum atomic E-state index is 5.73. The van der Waals surface area contributed by atoms with Gasteiger partial charge in [-0.1, -0.05) is 0 Å². The Hall–Kier alpha value is -1.82. The lowest BCUT2D eigenvalue weighted by Gasteiger charge is -2.18. The largest absolute Gasteiger partial charge is 0.491 e. The first-order valence-corrected chi connectivity index (χ1v) is 5.28. The molecular formula is C13H18N2O. The lowest BCUT2D eigenvalue weighted by atomic mass is 10.2. The molecule has 0 fully saturated rings. The maximum absolute atomic E-state index is 5.73. The molecular weight excluding hydrogens is 200 g/mol. The van der Waals surface area contributed by atoms with E-state index in [1.165, 1.54) is 0 Å². The molecule has 0 aliphatic rings. The number of terminal acetylenes is 1. The van der Waals surface area contributed by atoms with Crippen LogP contribution in [0.15, 0.2) is 18.2 Å². The minimum Gasteiger partial charge on any atom is -0.491 e. The van der Waals surface area contributed by atoms with Crippen LogP contribution < -0.4 is 15.4 Å². The molecule has 0 radical (unpaired) electrons. The Labute approximate surface area is 97.2 Å². The zero-order chi connectivity index (χ0) is 12.0. The van der Waals surface area contributed by atoms with Crippen LogP contribution in [0, 0.1) is 12.3 Å². The van der Waals surface area contributed by atoms with Gasteiger partial charge in [-0.2, -0.15) is 0 Å². The summed E-state index contributed by atoms with van der Waals surface area (Å²) in [6, 6.07) is 5.65. The average molecular weight is 218 g/mol. The molecule has 0 aliphatic carbocycles. The molecule has 0 saturated heterocycles. The van der Waals surface area contributed by atoms with Crippen molar-refractivity contribution in [2.24, 2.45) is 0 Å². The van der Waals surface area contributed by atoms with E-state index in [1.54, 1.807) is 0 Å². The Morgan fingerprint density at radius 2 is 2.19 bits per heavy atom. The number of nitrogen functional groups attached to an aromatic ring is 1. The van der Waals surface area contributed by atoms with E-state index in [-0.39, 0.29) is 0 Å². The maximum Gasteiger partial charge on any atom is 0.144 e. The number of ether oxygens (including phenoxy) is 1. The molecule has 1 aromatic rings. The van der Waals surface area contributed by atoms with Gasteiger partial charge < -0.3 is 15.4 Å². The molecule has 0 heterocycles. The Morgan fingerprint density at radius 1 is 1.44 bits per heavy atom. The van der Waals surface area contributed by atoms with E-state index in [0.717, 1.165) is 24.3 Å². The van der Waals surface area contributed by atoms with Crippen molar-refractivity contribution in [2.75, 3.05) is 31.3 Å². The Kier molecular flexibility index (Phi) is 4.53. The van der Waals surface area contributed by atoms with Gasteiger partial charge in [0.2, 0.25) is 0 Å². The van der Waals surface area contributed by atoms with Crippen LogP contribution in [0.5, 0.6) is 5.75 Å². The van der Waals surface area contributed by atoms with Crippen molar-refractivity contribution in [2.45, 2.75) is 12.8 Å². The first-order chi connectivity index (χ1) is 7.65. The molecule has 0 aliphatic heterocycles. The fourth-order valence-electron chi connectivity index (χ4n) is 1.37. The van der Waals surface area contributed by atoms with Crippen molar-refractivity contribution >= 4 is 11.4 Å². The zero-order valence-corrected chi connectivity index (χ0v) is 9.86. The third kappa shape index (κ3) is 3.39. The van der Waals surface area contributed by atoms with Gasteiger partial charge in [0.1, 0.15) is 5.75 Å². The third-order valence-corrected chi connectivity index (χ3v) is 2.19. The van der Waals surface area contributed by atoms with Gasteiger partial charge in [0, 0.05) is 32.3 Å². The van der Waals surface area contributed by atoms with Gasteiger partial charge in [0.05, 0.1) is 12.3 Å². The number of hydrogen-bond acceptors (Lipinski definition) is 3. The molecule has 0 aromatic heterocycles. The smallest absolute Gasteiger partial charge is 0.144 e. The molecule has 0 atom stereocenters. The highest BCUT2D eigenvalue weighted by Gasteiger charge is 2.05. The van der Waals surface area contributed by atoms with Gasteiger partial charge >= 0.3 is 0 Å². The van der Waals surface area contributed by atoms with Gasteiger partial charge in [-0.15, -0.1) is 12.3 Å². The van der Waals surface area contributed by atoms with Crippen molar-refractivity contribution in [3.8, 4) is 18.1 Å². The third-order valence-electron chi connectivity index (χ3n) is 2.19. The van der Waals surface area contributed by atoms with E-state index in [4.69, 9.17) is 16.9 Å². The zero-order valence-electron chi connectivity index (χ0n) is 9.86. The summed E-state index contributed by atoms with van der Waals surface area (Å²) in [6.45, 7) is 0.620. The molecule has 1 rings (SSSR count). The SMILES string of the molecule is C#CCCCOc1cc(N)ccc1N(C)C. The first-order valence-electron chi connectivity index (χ1n) is 5.28. The molecule has 0 bridgehead atoms. The highest BCUT2D eigenvalue weighted by Crippen LogP contribution is 2.29. The summed E-state index contributed by atoms with van der Waals surface area (Å²) in [5.41, 5.74) is 7.46. The van der Waals surface area contributed by atoms with Gasteiger partial charge in [-0.3, -0.25) is 0 Å². The van der Waals surface area contributed by atoms with E-state index < -0.39 is 0 Å². The predicted octanol–water partition coefficient (Wildman–Crippen LogP) is 2.13. The number of anilines is 2. The fraction of sp³-hybridized carbons (Fsp3) is 0.385. The molecule has 16 heavy (non-hydrogen) atoms. The van der Waals surface area contributed by atoms with Crippen LogP contribution in [0.25, 0.3) is 0 Å². The van der Waals surface area contributed by atoms with Gasteiger partial charge in [-0.25, -0.2) is 0 Å². The summed E-state index contributed by atoms with van der Waals surface area (Å²) in [6.07, 6.45) is 6.77. The van der Waals surface area contributed by atoms with Crippen molar-refractivity contribution in [3.63, 3.8) is 0 Å². The number of unbranched alkanes of at least 4 members (excludes halogenated alkanes) is 1. The summed E-state index contributed by atoms with van der Waals surface area (Å²) in [4.78, 5) is 2.00. The van der Waals surface area contributed by atoms with Crippen LogP contribution in [0.3, 0.4) is 0 Å². The number of benzene rings is 1. The molecule has 86 valence electrons. The highest BCUT2D eigenvalue weighted by atomic mass is 16.5. The highest BCUT2D eigenvalue weighted by molar-refractivity contribution is 5.63. The van der Waals surface area contributed by atoms with E-state index in [0.29, 0.717) is 12.3 Å². The van der Waals surface area contributed by atoms with Crippen molar-refractivity contribution in [3.05, 3.63) is 18.2 Å². The second-order valence-corrected chi connectivity index (χ2v) is 3.78. The van der Waals surface area contributed by atoms with Crippen molar-refractivity contribution < 1.29 is 4.74 Å². The lowest BCUT2D eigenvalue weighted by molar-refractivity contribution is 0.314. The monoisotopic (exact) mass is 218 g/mol. The summed E-state index contributed by atoms with van der Waals surface area (Å²) < 4.78 is 5.66. The summed E-state index contributed by atoms with van der Waals surface area (Å²) in [5, 5.41) is 0. The number of hydrogen-bond donors (Lipinski definition) is 1. The summed E-state index contributed by atoms with van der Waals surface area (Å²) >= 11 is 0. The van der Waals surface area contributed by atoms with Crippen LogP contribution in [-0.4, -0.2) is 20.7 Å². The van der Waals surface area contributed by atoms with E-state index in [9.17, 15) is 0 Å². The fourth-order valence-corrected chi connectivity index (χ4v) is 1.37. The second-order valence-electron chi connectivity index (χ2n) is 3.78. The van der Waals surface area contributed by atoms with Crippen molar-refractivity contribution in [1.82, 2.24) is 0 Å². The summed E-state index contributed by atoms with van der Waals surface area (Å²) in [7, 11) is 3.94. The normalized spacial score (nSPS) is 9.56. The number of nitrogens with zero attached hydrogens (tertiary/aromatic N) is 1. The molecule has 1 aromatic carbocycles. The van der Waals surface area contributed by atoms with Crippen LogP contribution in [-0.2, 0) is 0 Å². The molecule has 0 unspecified atom stereocenters. The van der Waals surface area contributed by atoms with Gasteiger partial charge in [-0.05, 0) is 18.6 Å². The number of nitrogens with two attached hydrogens (primary N) is 1. The van der Waals surface area contributed by atoms with Crippen LogP contribution in [0.4, 0.5) is 11.4 Å². The Bertz CT molecular complexity index is 380.